The van der Waals surface area contributed by atoms with Crippen LogP contribution in [0.25, 0.3) is 0 Å². The van der Waals surface area contributed by atoms with Crippen LogP contribution in [-0.4, -0.2) is 49.1 Å². The predicted molar refractivity (Wildman–Crippen MR) is 59.9 cm³/mol. The molecule has 1 amide bonds. The fourth-order valence-electron chi connectivity index (χ4n) is 2.02. The first-order valence-electron chi connectivity index (χ1n) is 5.88. The molecule has 0 aromatic rings. The van der Waals surface area contributed by atoms with Crippen LogP contribution in [-0.2, 0) is 14.3 Å². The fraction of sp³-hybridized carbons (Fsp3) is 0.818. The van der Waals surface area contributed by atoms with E-state index in [4.69, 9.17) is 0 Å². The van der Waals surface area contributed by atoms with Gasteiger partial charge in [0, 0.05) is 12.6 Å². The lowest BCUT2D eigenvalue weighted by Gasteiger charge is -2.22. The Morgan fingerprint density at radius 1 is 1.44 bits per heavy atom. The number of carbonyl (C=O) groups excluding carboxylic acids is 2. The van der Waals surface area contributed by atoms with E-state index in [1.807, 2.05) is 0 Å². The number of amides is 1. The van der Waals surface area contributed by atoms with Crippen molar-refractivity contribution in [2.24, 2.45) is 0 Å². The number of nitrogens with one attached hydrogen (secondary N) is 1. The van der Waals surface area contributed by atoms with Crippen LogP contribution in [0.1, 0.15) is 26.7 Å². The molecule has 0 aromatic carbocycles. The zero-order chi connectivity index (χ0) is 12.0. The van der Waals surface area contributed by atoms with Crippen molar-refractivity contribution in [3.8, 4) is 0 Å². The van der Waals surface area contributed by atoms with Gasteiger partial charge in [0.05, 0.1) is 6.61 Å². The van der Waals surface area contributed by atoms with Crippen molar-refractivity contribution < 1.29 is 14.3 Å². The summed E-state index contributed by atoms with van der Waals surface area (Å²) in [5.41, 5.74) is 0. The van der Waals surface area contributed by atoms with Crippen LogP contribution in [0.2, 0.25) is 0 Å². The van der Waals surface area contributed by atoms with Crippen LogP contribution in [0.5, 0.6) is 0 Å². The smallest absolute Gasteiger partial charge is 0.396 e. The third-order valence-electron chi connectivity index (χ3n) is 2.86. The Bertz CT molecular complexity index is 256. The van der Waals surface area contributed by atoms with Gasteiger partial charge in [-0.1, -0.05) is 6.92 Å². The Labute approximate surface area is 96.1 Å². The lowest BCUT2D eigenvalue weighted by atomic mass is 10.2. The summed E-state index contributed by atoms with van der Waals surface area (Å²) in [4.78, 5) is 24.6. The molecule has 1 saturated heterocycles. The van der Waals surface area contributed by atoms with Crippen molar-refractivity contribution in [2.75, 3.05) is 26.2 Å². The number of rotatable bonds is 4. The van der Waals surface area contributed by atoms with Crippen molar-refractivity contribution in [1.29, 1.82) is 0 Å². The van der Waals surface area contributed by atoms with E-state index in [0.29, 0.717) is 12.6 Å². The van der Waals surface area contributed by atoms with Crippen molar-refractivity contribution in [2.45, 2.75) is 32.7 Å². The van der Waals surface area contributed by atoms with Gasteiger partial charge in [-0.2, -0.15) is 0 Å². The van der Waals surface area contributed by atoms with Crippen LogP contribution in [0.15, 0.2) is 0 Å². The van der Waals surface area contributed by atoms with Gasteiger partial charge in [-0.25, -0.2) is 4.79 Å². The highest BCUT2D eigenvalue weighted by Crippen LogP contribution is 2.15. The molecule has 1 rings (SSSR count). The standard InChI is InChI=1S/C11H20N2O3/c1-3-13-7-5-6-9(13)8-12-10(14)11(15)16-4-2/h9H,3-8H2,1-2H3,(H,12,14). The van der Waals surface area contributed by atoms with Gasteiger partial charge in [-0.05, 0) is 32.9 Å². The summed E-state index contributed by atoms with van der Waals surface area (Å²) in [6, 6.07) is 0.364. The SMILES string of the molecule is CCOC(=O)C(=O)NCC1CCCN1CC. The second-order valence-corrected chi connectivity index (χ2v) is 3.86. The van der Waals surface area contributed by atoms with Crippen LogP contribution < -0.4 is 5.32 Å². The normalized spacial score (nSPS) is 20.8. The number of hydrogen-bond acceptors (Lipinski definition) is 4. The lowest BCUT2D eigenvalue weighted by Crippen LogP contribution is -2.42. The maximum Gasteiger partial charge on any atom is 0.396 e. The van der Waals surface area contributed by atoms with E-state index >= 15 is 0 Å². The van der Waals surface area contributed by atoms with Crippen molar-refractivity contribution >= 4 is 11.9 Å². The highest BCUT2D eigenvalue weighted by atomic mass is 16.5. The second-order valence-electron chi connectivity index (χ2n) is 3.86. The molecule has 16 heavy (non-hydrogen) atoms. The fourth-order valence-corrected chi connectivity index (χ4v) is 2.02. The first kappa shape index (κ1) is 13.0. The van der Waals surface area contributed by atoms with E-state index in [-0.39, 0.29) is 6.61 Å². The van der Waals surface area contributed by atoms with Gasteiger partial charge in [0.2, 0.25) is 0 Å². The van der Waals surface area contributed by atoms with E-state index in [1.165, 1.54) is 0 Å². The van der Waals surface area contributed by atoms with E-state index < -0.39 is 11.9 Å². The molecule has 1 atom stereocenters. The molecule has 1 heterocycles. The number of ether oxygens (including phenoxy) is 1. The Morgan fingerprint density at radius 3 is 2.81 bits per heavy atom. The average Bonchev–Trinajstić information content (AvgIpc) is 2.73. The molecule has 0 spiro atoms. The Balaban J connectivity index is 2.28. The minimum absolute atomic E-state index is 0.233. The number of hydrogen-bond donors (Lipinski definition) is 1. The third-order valence-corrected chi connectivity index (χ3v) is 2.86. The molecule has 0 saturated carbocycles. The summed E-state index contributed by atoms with van der Waals surface area (Å²) in [6.07, 6.45) is 2.24. The minimum Gasteiger partial charge on any atom is -0.459 e. The van der Waals surface area contributed by atoms with E-state index in [2.05, 4.69) is 21.9 Å². The first-order valence-corrected chi connectivity index (χ1v) is 5.88. The highest BCUT2D eigenvalue weighted by Gasteiger charge is 2.24. The van der Waals surface area contributed by atoms with Crippen LogP contribution in [0.3, 0.4) is 0 Å². The van der Waals surface area contributed by atoms with Gasteiger partial charge in [0.15, 0.2) is 0 Å². The molecule has 0 aliphatic carbocycles. The summed E-state index contributed by atoms with van der Waals surface area (Å²) in [6.45, 7) is 6.62. The van der Waals surface area contributed by atoms with Crippen molar-refractivity contribution in [3.05, 3.63) is 0 Å². The summed E-state index contributed by atoms with van der Waals surface area (Å²) in [5, 5.41) is 2.62. The highest BCUT2D eigenvalue weighted by molar-refractivity contribution is 6.32. The van der Waals surface area contributed by atoms with Crippen LogP contribution >= 0.6 is 0 Å². The molecular weight excluding hydrogens is 208 g/mol. The number of esters is 1. The second kappa shape index (κ2) is 6.48. The minimum atomic E-state index is -0.788. The average molecular weight is 228 g/mol. The van der Waals surface area contributed by atoms with Crippen LogP contribution in [0, 0.1) is 0 Å². The predicted octanol–water partition coefficient (Wildman–Crippen LogP) is 0.150. The Hall–Kier alpha value is -1.10. The maximum atomic E-state index is 11.3. The van der Waals surface area contributed by atoms with Gasteiger partial charge in [-0.3, -0.25) is 9.69 Å². The molecule has 1 aliphatic heterocycles. The molecule has 5 heteroatoms. The molecule has 92 valence electrons. The molecule has 0 bridgehead atoms. The summed E-state index contributed by atoms with van der Waals surface area (Å²) < 4.78 is 4.61. The molecule has 5 nitrogen and oxygen atoms in total. The largest absolute Gasteiger partial charge is 0.459 e. The Kier molecular flexibility index (Phi) is 5.25. The Morgan fingerprint density at radius 2 is 2.19 bits per heavy atom. The summed E-state index contributed by atoms with van der Waals surface area (Å²) in [7, 11) is 0. The van der Waals surface area contributed by atoms with E-state index in [9.17, 15) is 9.59 Å². The quantitative estimate of drug-likeness (QED) is 0.549. The molecule has 1 fully saturated rings. The van der Waals surface area contributed by atoms with Gasteiger partial charge in [0.1, 0.15) is 0 Å². The number of likely N-dealkylation sites (tertiary alicyclic amines) is 1. The third kappa shape index (κ3) is 3.48. The van der Waals surface area contributed by atoms with Gasteiger partial charge in [-0.15, -0.1) is 0 Å². The van der Waals surface area contributed by atoms with E-state index in [1.54, 1.807) is 6.92 Å². The van der Waals surface area contributed by atoms with Gasteiger partial charge < -0.3 is 10.1 Å². The zero-order valence-electron chi connectivity index (χ0n) is 9.99. The maximum absolute atomic E-state index is 11.3. The lowest BCUT2D eigenvalue weighted by molar-refractivity contribution is -0.154. The van der Waals surface area contributed by atoms with E-state index in [0.717, 1.165) is 25.9 Å². The summed E-state index contributed by atoms with van der Waals surface area (Å²) in [5.74, 6) is -1.42. The van der Waals surface area contributed by atoms with Crippen molar-refractivity contribution in [1.82, 2.24) is 10.2 Å². The monoisotopic (exact) mass is 228 g/mol. The molecule has 1 unspecified atom stereocenters. The summed E-state index contributed by atoms with van der Waals surface area (Å²) >= 11 is 0. The zero-order valence-corrected chi connectivity index (χ0v) is 9.99. The first-order chi connectivity index (χ1) is 7.69. The molecule has 1 aliphatic rings. The van der Waals surface area contributed by atoms with Crippen LogP contribution in [0.4, 0.5) is 0 Å². The molecule has 0 aromatic heterocycles. The molecular formula is C11H20N2O3. The number of likely N-dealkylation sites (N-methyl/N-ethyl adjacent to an activating group) is 1. The number of nitrogens with zero attached hydrogens (tertiary/aromatic N) is 1. The number of carbonyl (C=O) groups is 2. The van der Waals surface area contributed by atoms with Gasteiger partial charge >= 0.3 is 11.9 Å². The molecule has 1 N–H and O–H groups in total. The molecule has 0 radical (unpaired) electrons. The topological polar surface area (TPSA) is 58.6 Å². The van der Waals surface area contributed by atoms with Crippen molar-refractivity contribution in [3.63, 3.8) is 0 Å². The van der Waals surface area contributed by atoms with Gasteiger partial charge in [0.25, 0.3) is 0 Å².